The number of piperidine rings is 1. The number of aryl methyl sites for hydroxylation is 1. The number of aromatic nitrogens is 2. The molecular weight excluding hydrogens is 412 g/mol. The molecule has 9 nitrogen and oxygen atoms in total. The van der Waals surface area contributed by atoms with Crippen LogP contribution in [0, 0.1) is 23.0 Å². The fourth-order valence-corrected chi connectivity index (χ4v) is 3.97. The van der Waals surface area contributed by atoms with E-state index >= 15 is 0 Å². The lowest BCUT2D eigenvalue weighted by Crippen LogP contribution is -2.33. The van der Waals surface area contributed by atoms with Crippen molar-refractivity contribution in [3.63, 3.8) is 0 Å². The summed E-state index contributed by atoms with van der Waals surface area (Å²) in [5, 5.41) is 11.7. The number of benzene rings is 1. The van der Waals surface area contributed by atoms with Crippen LogP contribution in [0.25, 0.3) is 5.65 Å². The number of hydrogen-bond acceptors (Lipinski definition) is 7. The molecule has 0 radical (unpaired) electrons. The van der Waals surface area contributed by atoms with Crippen LogP contribution >= 0.6 is 0 Å². The number of nitro groups is 1. The quantitative estimate of drug-likeness (QED) is 0.342. The summed E-state index contributed by atoms with van der Waals surface area (Å²) >= 11 is 0. The van der Waals surface area contributed by atoms with Gasteiger partial charge in [-0.1, -0.05) is 13.0 Å². The number of nitrogens with zero attached hydrogens (tertiary/aromatic N) is 4. The lowest BCUT2D eigenvalue weighted by molar-refractivity contribution is -0.384. The summed E-state index contributed by atoms with van der Waals surface area (Å²) in [4.78, 5) is 42.4. The van der Waals surface area contributed by atoms with Crippen molar-refractivity contribution in [3.05, 3.63) is 79.9 Å². The van der Waals surface area contributed by atoms with E-state index in [2.05, 4.69) is 11.9 Å². The number of pyridine rings is 1. The van der Waals surface area contributed by atoms with Crippen LogP contribution < -0.4 is 10.5 Å². The minimum atomic E-state index is -0.710. The first-order chi connectivity index (χ1) is 15.3. The highest BCUT2D eigenvalue weighted by atomic mass is 16.6. The summed E-state index contributed by atoms with van der Waals surface area (Å²) < 4.78 is 6.76. The molecule has 32 heavy (non-hydrogen) atoms. The third-order valence-electron chi connectivity index (χ3n) is 5.82. The monoisotopic (exact) mass is 436 g/mol. The van der Waals surface area contributed by atoms with Gasteiger partial charge >= 0.3 is 5.97 Å². The van der Waals surface area contributed by atoms with Gasteiger partial charge in [-0.2, -0.15) is 0 Å². The molecule has 0 unspecified atom stereocenters. The molecule has 1 fully saturated rings. The minimum Gasteiger partial charge on any atom is -0.456 e. The SMILES string of the molecule is Cc1cccc2nc(COC(=O)c3ccc(N4CCC(C)CC4)c([N+](=O)[O-])c3)cc(=O)n12. The fraction of sp³-hybridized carbons (Fsp3) is 0.348. The van der Waals surface area contributed by atoms with E-state index in [0.717, 1.165) is 31.6 Å². The lowest BCUT2D eigenvalue weighted by Gasteiger charge is -2.31. The van der Waals surface area contributed by atoms with E-state index in [1.807, 2.05) is 4.90 Å². The van der Waals surface area contributed by atoms with Crippen LogP contribution in [0.1, 0.15) is 41.5 Å². The number of ether oxygens (including phenoxy) is 1. The van der Waals surface area contributed by atoms with Gasteiger partial charge in [0.15, 0.2) is 0 Å². The largest absolute Gasteiger partial charge is 0.456 e. The highest BCUT2D eigenvalue weighted by Gasteiger charge is 2.25. The highest BCUT2D eigenvalue weighted by Crippen LogP contribution is 2.32. The van der Waals surface area contributed by atoms with E-state index in [-0.39, 0.29) is 23.4 Å². The Balaban J connectivity index is 1.52. The van der Waals surface area contributed by atoms with E-state index in [9.17, 15) is 19.7 Å². The van der Waals surface area contributed by atoms with Crippen LogP contribution in [-0.2, 0) is 11.3 Å². The predicted octanol–water partition coefficient (Wildman–Crippen LogP) is 3.50. The van der Waals surface area contributed by atoms with Gasteiger partial charge in [-0.05, 0) is 49.9 Å². The number of fused-ring (bicyclic) bond motifs is 1. The van der Waals surface area contributed by atoms with Crippen molar-refractivity contribution in [2.45, 2.75) is 33.3 Å². The van der Waals surface area contributed by atoms with Crippen molar-refractivity contribution in [3.8, 4) is 0 Å². The Kier molecular flexibility index (Phi) is 5.89. The number of nitro benzene ring substituents is 1. The Bertz CT molecular complexity index is 1240. The molecule has 0 aliphatic carbocycles. The van der Waals surface area contributed by atoms with Gasteiger partial charge in [0.25, 0.3) is 11.2 Å². The minimum absolute atomic E-state index is 0.0826. The molecule has 166 valence electrons. The Morgan fingerprint density at radius 2 is 1.97 bits per heavy atom. The molecule has 0 N–H and O–H groups in total. The Morgan fingerprint density at radius 3 is 2.69 bits per heavy atom. The second-order valence-corrected chi connectivity index (χ2v) is 8.15. The summed E-state index contributed by atoms with van der Waals surface area (Å²) in [5.74, 6) is -0.113. The third-order valence-corrected chi connectivity index (χ3v) is 5.82. The summed E-state index contributed by atoms with van der Waals surface area (Å²) in [6, 6.07) is 11.0. The van der Waals surface area contributed by atoms with Crippen LogP contribution in [0.3, 0.4) is 0 Å². The van der Waals surface area contributed by atoms with Crippen LogP contribution in [0.5, 0.6) is 0 Å². The molecule has 2 aromatic heterocycles. The molecule has 4 rings (SSSR count). The first-order valence-electron chi connectivity index (χ1n) is 10.5. The number of esters is 1. The highest BCUT2D eigenvalue weighted by molar-refractivity contribution is 5.91. The van der Waals surface area contributed by atoms with Gasteiger partial charge in [0.1, 0.15) is 17.9 Å². The lowest BCUT2D eigenvalue weighted by atomic mass is 9.98. The maximum atomic E-state index is 12.6. The topological polar surface area (TPSA) is 107 Å². The molecule has 3 heterocycles. The van der Waals surface area contributed by atoms with Gasteiger partial charge in [0, 0.05) is 30.9 Å². The Labute approximate surface area is 184 Å². The van der Waals surface area contributed by atoms with Crippen LogP contribution in [0.15, 0.2) is 47.3 Å². The van der Waals surface area contributed by atoms with E-state index in [4.69, 9.17) is 4.74 Å². The van der Waals surface area contributed by atoms with Gasteiger partial charge in [-0.15, -0.1) is 0 Å². The van der Waals surface area contributed by atoms with E-state index in [1.165, 1.54) is 22.6 Å². The molecule has 0 bridgehead atoms. The first-order valence-corrected chi connectivity index (χ1v) is 10.5. The normalized spacial score (nSPS) is 14.5. The molecule has 1 aromatic carbocycles. The van der Waals surface area contributed by atoms with Gasteiger partial charge in [0.05, 0.1) is 16.2 Å². The average molecular weight is 436 g/mol. The first kappa shape index (κ1) is 21.5. The molecule has 0 atom stereocenters. The standard InChI is InChI=1S/C23H24N4O5/c1-15-8-10-25(11-9-15)19-7-6-17(12-20(19)27(30)31)23(29)32-14-18-13-22(28)26-16(2)4-3-5-21(26)24-18/h3-7,12-13,15H,8-11,14H2,1-2H3. The molecule has 1 saturated heterocycles. The maximum Gasteiger partial charge on any atom is 0.338 e. The molecule has 1 aliphatic rings. The predicted molar refractivity (Wildman–Crippen MR) is 119 cm³/mol. The van der Waals surface area contributed by atoms with Crippen molar-refractivity contribution in [1.29, 1.82) is 0 Å². The van der Waals surface area contributed by atoms with Gasteiger partial charge in [0.2, 0.25) is 0 Å². The number of anilines is 1. The number of carbonyl (C=O) groups excluding carboxylic acids is 1. The Hall–Kier alpha value is -3.75. The zero-order chi connectivity index (χ0) is 22.8. The molecule has 3 aromatic rings. The van der Waals surface area contributed by atoms with E-state index < -0.39 is 10.9 Å². The van der Waals surface area contributed by atoms with Gasteiger partial charge in [-0.3, -0.25) is 19.3 Å². The second kappa shape index (κ2) is 8.78. The van der Waals surface area contributed by atoms with Crippen LogP contribution in [-0.4, -0.2) is 33.4 Å². The summed E-state index contributed by atoms with van der Waals surface area (Å²) in [6.07, 6.45) is 1.94. The molecule has 9 heteroatoms. The number of rotatable bonds is 5. The molecule has 0 amide bonds. The van der Waals surface area contributed by atoms with Gasteiger partial charge < -0.3 is 9.64 Å². The summed E-state index contributed by atoms with van der Waals surface area (Å²) in [6.45, 7) is 5.25. The van der Waals surface area contributed by atoms with Crippen molar-refractivity contribution >= 4 is 23.0 Å². The van der Waals surface area contributed by atoms with Crippen LogP contribution in [0.2, 0.25) is 0 Å². The van der Waals surface area contributed by atoms with Crippen LogP contribution in [0.4, 0.5) is 11.4 Å². The van der Waals surface area contributed by atoms with Crippen molar-refractivity contribution in [1.82, 2.24) is 9.38 Å². The molecule has 0 saturated carbocycles. The third kappa shape index (κ3) is 4.32. The zero-order valence-electron chi connectivity index (χ0n) is 18.0. The second-order valence-electron chi connectivity index (χ2n) is 8.15. The van der Waals surface area contributed by atoms with E-state index in [1.54, 1.807) is 31.2 Å². The van der Waals surface area contributed by atoms with Crippen molar-refractivity contribution in [2.24, 2.45) is 5.92 Å². The van der Waals surface area contributed by atoms with Gasteiger partial charge in [-0.25, -0.2) is 9.78 Å². The Morgan fingerprint density at radius 1 is 1.22 bits per heavy atom. The zero-order valence-corrected chi connectivity index (χ0v) is 18.0. The molecular formula is C23H24N4O5. The van der Waals surface area contributed by atoms with Crippen molar-refractivity contribution in [2.75, 3.05) is 18.0 Å². The average Bonchev–Trinajstić information content (AvgIpc) is 2.77. The summed E-state index contributed by atoms with van der Waals surface area (Å²) in [5.41, 5.74) is 1.72. The van der Waals surface area contributed by atoms with Crippen molar-refractivity contribution < 1.29 is 14.5 Å². The molecule has 1 aliphatic heterocycles. The smallest absolute Gasteiger partial charge is 0.338 e. The maximum absolute atomic E-state index is 12.6. The number of hydrogen-bond donors (Lipinski definition) is 0. The number of carbonyl (C=O) groups is 1. The summed E-state index contributed by atoms with van der Waals surface area (Å²) in [7, 11) is 0. The fourth-order valence-electron chi connectivity index (χ4n) is 3.97. The molecule has 0 spiro atoms. The van der Waals surface area contributed by atoms with E-state index in [0.29, 0.717) is 22.9 Å².